The molecule has 4 N–H and O–H groups in total. The second-order valence-corrected chi connectivity index (χ2v) is 4.61. The number of hydrazine groups is 1. The van der Waals surface area contributed by atoms with Crippen LogP contribution in [0.15, 0.2) is 36.4 Å². The number of alkyl halides is 3. The predicted octanol–water partition coefficient (Wildman–Crippen LogP) is 3.31. The van der Waals surface area contributed by atoms with Crippen LogP contribution in [0.3, 0.4) is 0 Å². The van der Waals surface area contributed by atoms with E-state index in [4.69, 9.17) is 5.84 Å². The molecular formula is C14H15F3N4. The summed E-state index contributed by atoms with van der Waals surface area (Å²) in [5, 5.41) is 2.87. The van der Waals surface area contributed by atoms with Gasteiger partial charge in [0.1, 0.15) is 11.6 Å². The zero-order valence-electron chi connectivity index (χ0n) is 11.3. The number of pyridine rings is 1. The van der Waals surface area contributed by atoms with E-state index in [-0.39, 0.29) is 11.6 Å². The first kappa shape index (κ1) is 15.1. The van der Waals surface area contributed by atoms with Gasteiger partial charge >= 0.3 is 6.18 Å². The normalized spacial score (nSPS) is 11.3. The Kier molecular flexibility index (Phi) is 4.32. The average molecular weight is 296 g/mol. The number of halogens is 3. The molecular weight excluding hydrogens is 281 g/mol. The van der Waals surface area contributed by atoms with Crippen molar-refractivity contribution in [2.24, 2.45) is 5.84 Å². The summed E-state index contributed by atoms with van der Waals surface area (Å²) in [6.07, 6.45) is -4.45. The molecule has 0 aliphatic rings. The molecule has 0 atom stereocenters. The Morgan fingerprint density at radius 3 is 2.48 bits per heavy atom. The first-order valence-electron chi connectivity index (χ1n) is 6.24. The van der Waals surface area contributed by atoms with E-state index in [2.05, 4.69) is 15.7 Å². The molecule has 0 radical (unpaired) electrons. The molecule has 7 heteroatoms. The number of anilines is 2. The molecule has 0 aliphatic carbocycles. The molecule has 112 valence electrons. The van der Waals surface area contributed by atoms with Gasteiger partial charge in [-0.2, -0.15) is 13.2 Å². The number of rotatable bonds is 4. The van der Waals surface area contributed by atoms with Gasteiger partial charge in [-0.1, -0.05) is 29.8 Å². The van der Waals surface area contributed by atoms with Crippen LogP contribution in [0.1, 0.15) is 16.7 Å². The van der Waals surface area contributed by atoms with E-state index < -0.39 is 11.7 Å². The van der Waals surface area contributed by atoms with Gasteiger partial charge < -0.3 is 10.7 Å². The number of aromatic nitrogens is 1. The first-order valence-corrected chi connectivity index (χ1v) is 6.24. The van der Waals surface area contributed by atoms with Gasteiger partial charge in [-0.3, -0.25) is 0 Å². The summed E-state index contributed by atoms with van der Waals surface area (Å²) in [5.74, 6) is 5.22. The molecule has 0 fully saturated rings. The Labute approximate surface area is 120 Å². The Balaban J connectivity index is 2.19. The van der Waals surface area contributed by atoms with Crippen LogP contribution in [-0.4, -0.2) is 4.98 Å². The van der Waals surface area contributed by atoms with Gasteiger partial charge in [0.05, 0.1) is 5.56 Å². The molecule has 0 spiro atoms. The SMILES string of the molecule is Cc1cccc(CNc2cc(C(F)(F)F)cc(NN)n2)c1. The predicted molar refractivity (Wildman–Crippen MR) is 75.6 cm³/mol. The topological polar surface area (TPSA) is 63.0 Å². The van der Waals surface area contributed by atoms with Crippen molar-refractivity contribution in [3.63, 3.8) is 0 Å². The van der Waals surface area contributed by atoms with E-state index in [1.54, 1.807) is 0 Å². The summed E-state index contributed by atoms with van der Waals surface area (Å²) < 4.78 is 38.3. The van der Waals surface area contributed by atoms with E-state index in [0.717, 1.165) is 23.3 Å². The zero-order chi connectivity index (χ0) is 15.5. The molecule has 1 aromatic carbocycles. The number of benzene rings is 1. The summed E-state index contributed by atoms with van der Waals surface area (Å²) in [5.41, 5.74) is 3.36. The molecule has 0 saturated carbocycles. The van der Waals surface area contributed by atoms with Crippen LogP contribution in [0.2, 0.25) is 0 Å². The van der Waals surface area contributed by atoms with Gasteiger partial charge in [-0.05, 0) is 24.6 Å². The number of hydrogen-bond acceptors (Lipinski definition) is 4. The maximum atomic E-state index is 12.8. The quantitative estimate of drug-likeness (QED) is 0.598. The van der Waals surface area contributed by atoms with Crippen LogP contribution in [0.25, 0.3) is 0 Å². The maximum Gasteiger partial charge on any atom is 0.416 e. The second kappa shape index (κ2) is 6.01. The van der Waals surface area contributed by atoms with Crippen molar-refractivity contribution in [2.45, 2.75) is 19.6 Å². The lowest BCUT2D eigenvalue weighted by molar-refractivity contribution is -0.137. The fraction of sp³-hybridized carbons (Fsp3) is 0.214. The molecule has 0 bridgehead atoms. The van der Waals surface area contributed by atoms with E-state index in [1.165, 1.54) is 0 Å². The fourth-order valence-electron chi connectivity index (χ4n) is 1.87. The Morgan fingerprint density at radius 2 is 1.86 bits per heavy atom. The molecule has 1 heterocycles. The Morgan fingerprint density at radius 1 is 1.14 bits per heavy atom. The van der Waals surface area contributed by atoms with Crippen LogP contribution < -0.4 is 16.6 Å². The highest BCUT2D eigenvalue weighted by molar-refractivity contribution is 5.49. The van der Waals surface area contributed by atoms with E-state index in [1.807, 2.05) is 31.2 Å². The van der Waals surface area contributed by atoms with Crippen molar-refractivity contribution in [1.82, 2.24) is 4.98 Å². The van der Waals surface area contributed by atoms with Crippen LogP contribution in [0.5, 0.6) is 0 Å². The maximum absolute atomic E-state index is 12.8. The standard InChI is InChI=1S/C14H15F3N4/c1-9-3-2-4-10(5-9)8-19-12-6-11(14(15,16)17)7-13(20-12)21-18/h2-7H,8,18H2,1H3,(H2,19,20,21). The third-order valence-corrected chi connectivity index (χ3v) is 2.86. The zero-order valence-corrected chi connectivity index (χ0v) is 11.3. The van der Waals surface area contributed by atoms with Gasteiger partial charge in [0, 0.05) is 6.54 Å². The van der Waals surface area contributed by atoms with Crippen LogP contribution in [-0.2, 0) is 12.7 Å². The highest BCUT2D eigenvalue weighted by Crippen LogP contribution is 2.31. The highest BCUT2D eigenvalue weighted by Gasteiger charge is 2.31. The van der Waals surface area contributed by atoms with Crippen LogP contribution in [0, 0.1) is 6.92 Å². The van der Waals surface area contributed by atoms with Crippen molar-refractivity contribution in [3.05, 3.63) is 53.1 Å². The molecule has 1 aromatic heterocycles. The molecule has 0 saturated heterocycles. The average Bonchev–Trinajstić information content (AvgIpc) is 2.44. The molecule has 0 amide bonds. The van der Waals surface area contributed by atoms with E-state index in [0.29, 0.717) is 6.54 Å². The van der Waals surface area contributed by atoms with Gasteiger partial charge in [0.15, 0.2) is 0 Å². The largest absolute Gasteiger partial charge is 0.416 e. The minimum Gasteiger partial charge on any atom is -0.366 e. The number of nitrogens with zero attached hydrogens (tertiary/aromatic N) is 1. The fourth-order valence-corrected chi connectivity index (χ4v) is 1.87. The monoisotopic (exact) mass is 296 g/mol. The van der Waals surface area contributed by atoms with E-state index in [9.17, 15) is 13.2 Å². The Hall–Kier alpha value is -2.28. The summed E-state index contributed by atoms with van der Waals surface area (Å²) in [6.45, 7) is 2.32. The number of aryl methyl sites for hydroxylation is 1. The summed E-state index contributed by atoms with van der Waals surface area (Å²) in [4.78, 5) is 3.96. The minimum absolute atomic E-state index is 0.0448. The van der Waals surface area contributed by atoms with Crippen LogP contribution >= 0.6 is 0 Å². The number of nitrogens with two attached hydrogens (primary N) is 1. The van der Waals surface area contributed by atoms with Gasteiger partial charge in [-0.25, -0.2) is 10.8 Å². The van der Waals surface area contributed by atoms with Crippen molar-refractivity contribution >= 4 is 11.6 Å². The number of nitrogen functional groups attached to an aromatic ring is 1. The molecule has 4 nitrogen and oxygen atoms in total. The summed E-state index contributed by atoms with van der Waals surface area (Å²) in [7, 11) is 0. The van der Waals surface area contributed by atoms with Crippen molar-refractivity contribution in [2.75, 3.05) is 10.7 Å². The number of nitrogens with one attached hydrogen (secondary N) is 2. The highest BCUT2D eigenvalue weighted by atomic mass is 19.4. The first-order chi connectivity index (χ1) is 9.88. The lowest BCUT2D eigenvalue weighted by Gasteiger charge is -2.12. The Bertz CT molecular complexity index is 626. The second-order valence-electron chi connectivity index (χ2n) is 4.61. The van der Waals surface area contributed by atoms with Gasteiger partial charge in [-0.15, -0.1) is 0 Å². The smallest absolute Gasteiger partial charge is 0.366 e. The van der Waals surface area contributed by atoms with Crippen molar-refractivity contribution in [3.8, 4) is 0 Å². The third kappa shape index (κ3) is 4.09. The van der Waals surface area contributed by atoms with E-state index >= 15 is 0 Å². The van der Waals surface area contributed by atoms with Crippen LogP contribution in [0.4, 0.5) is 24.8 Å². The lowest BCUT2D eigenvalue weighted by atomic mass is 10.1. The van der Waals surface area contributed by atoms with Gasteiger partial charge in [0.2, 0.25) is 0 Å². The minimum atomic E-state index is -4.45. The van der Waals surface area contributed by atoms with Crippen molar-refractivity contribution < 1.29 is 13.2 Å². The summed E-state index contributed by atoms with van der Waals surface area (Å²) in [6, 6.07) is 9.48. The molecule has 0 aliphatic heterocycles. The molecule has 21 heavy (non-hydrogen) atoms. The molecule has 0 unspecified atom stereocenters. The number of hydrogen-bond donors (Lipinski definition) is 3. The lowest BCUT2D eigenvalue weighted by Crippen LogP contribution is -2.13. The van der Waals surface area contributed by atoms with Gasteiger partial charge in [0.25, 0.3) is 0 Å². The summed E-state index contributed by atoms with van der Waals surface area (Å²) >= 11 is 0. The molecule has 2 rings (SSSR count). The molecule has 2 aromatic rings. The third-order valence-electron chi connectivity index (χ3n) is 2.86. The van der Waals surface area contributed by atoms with Crippen molar-refractivity contribution in [1.29, 1.82) is 0 Å².